The monoisotopic (exact) mass is 495 g/mol. The third-order valence-corrected chi connectivity index (χ3v) is 6.25. The lowest BCUT2D eigenvalue weighted by molar-refractivity contribution is 0.0707. The molecule has 0 aliphatic carbocycles. The Labute approximate surface area is 195 Å². The van der Waals surface area contributed by atoms with E-state index in [9.17, 15) is 9.59 Å². The fourth-order valence-electron chi connectivity index (χ4n) is 4.04. The lowest BCUT2D eigenvalue weighted by atomic mass is 10.0. The van der Waals surface area contributed by atoms with Crippen molar-refractivity contribution < 1.29 is 9.59 Å². The van der Waals surface area contributed by atoms with Crippen LogP contribution in [0.25, 0.3) is 5.69 Å². The number of amides is 3. The fraction of sp³-hybridized carbons (Fsp3) is 0.292. The van der Waals surface area contributed by atoms with Gasteiger partial charge in [-0.1, -0.05) is 34.1 Å². The van der Waals surface area contributed by atoms with E-state index < -0.39 is 0 Å². The van der Waals surface area contributed by atoms with Crippen molar-refractivity contribution in [1.82, 2.24) is 20.0 Å². The Bertz CT molecular complexity index is 1100. The molecule has 1 saturated heterocycles. The van der Waals surface area contributed by atoms with E-state index in [0.717, 1.165) is 27.2 Å². The van der Waals surface area contributed by atoms with Crippen molar-refractivity contribution in [2.24, 2.45) is 0 Å². The highest BCUT2D eigenvalue weighted by molar-refractivity contribution is 9.10. The van der Waals surface area contributed by atoms with E-state index in [0.29, 0.717) is 31.5 Å². The van der Waals surface area contributed by atoms with E-state index >= 15 is 0 Å². The number of aryl methyl sites for hydroxylation is 1. The molecule has 8 heteroatoms. The van der Waals surface area contributed by atoms with Crippen LogP contribution in [0.1, 0.15) is 34.6 Å². The lowest BCUT2D eigenvalue weighted by Crippen LogP contribution is -2.47. The second-order valence-electron chi connectivity index (χ2n) is 7.97. The van der Waals surface area contributed by atoms with Gasteiger partial charge in [-0.2, -0.15) is 5.10 Å². The molecule has 0 bridgehead atoms. The normalized spacial score (nSPS) is 14.3. The molecule has 1 fully saturated rings. The fourth-order valence-corrected chi connectivity index (χ4v) is 4.31. The number of carbonyl (C=O) groups excluding carboxylic acids is 2. The van der Waals surface area contributed by atoms with Gasteiger partial charge < -0.3 is 15.5 Å². The maximum Gasteiger partial charge on any atom is 0.319 e. The van der Waals surface area contributed by atoms with Gasteiger partial charge in [-0.25, -0.2) is 9.48 Å². The SMILES string of the molecule is Cc1nn(-c2ccc(Br)cc2)c(C)c1C(=O)N1CCC(NC(=O)Nc2ccccc2)CC1. The third-order valence-electron chi connectivity index (χ3n) is 5.73. The first kappa shape index (κ1) is 22.1. The molecule has 0 unspecified atom stereocenters. The van der Waals surface area contributed by atoms with Crippen LogP contribution in [-0.4, -0.2) is 45.8 Å². The molecule has 2 N–H and O–H groups in total. The van der Waals surface area contributed by atoms with Gasteiger partial charge in [0, 0.05) is 29.3 Å². The van der Waals surface area contributed by atoms with E-state index in [2.05, 4.69) is 31.7 Å². The molecule has 2 heterocycles. The molecule has 7 nitrogen and oxygen atoms in total. The van der Waals surface area contributed by atoms with Crippen LogP contribution in [0.4, 0.5) is 10.5 Å². The maximum absolute atomic E-state index is 13.3. The number of anilines is 1. The molecule has 4 rings (SSSR count). The summed E-state index contributed by atoms with van der Waals surface area (Å²) in [7, 11) is 0. The van der Waals surface area contributed by atoms with Crippen LogP contribution >= 0.6 is 15.9 Å². The quantitative estimate of drug-likeness (QED) is 0.551. The number of urea groups is 1. The van der Waals surface area contributed by atoms with Gasteiger partial charge in [-0.15, -0.1) is 0 Å². The number of nitrogens with zero attached hydrogens (tertiary/aromatic N) is 3. The van der Waals surface area contributed by atoms with Gasteiger partial charge in [0.15, 0.2) is 0 Å². The summed E-state index contributed by atoms with van der Waals surface area (Å²) >= 11 is 3.45. The maximum atomic E-state index is 13.3. The summed E-state index contributed by atoms with van der Waals surface area (Å²) < 4.78 is 2.81. The molecule has 0 saturated carbocycles. The van der Waals surface area contributed by atoms with E-state index in [1.165, 1.54) is 0 Å². The Morgan fingerprint density at radius 3 is 2.31 bits per heavy atom. The molecule has 3 amide bonds. The van der Waals surface area contributed by atoms with E-state index in [1.54, 1.807) is 0 Å². The number of aromatic nitrogens is 2. The number of nitrogens with one attached hydrogen (secondary N) is 2. The molecule has 166 valence electrons. The van der Waals surface area contributed by atoms with Crippen LogP contribution in [0.3, 0.4) is 0 Å². The summed E-state index contributed by atoms with van der Waals surface area (Å²) in [6.45, 7) is 4.99. The second-order valence-corrected chi connectivity index (χ2v) is 8.88. The van der Waals surface area contributed by atoms with Crippen molar-refractivity contribution in [1.29, 1.82) is 0 Å². The number of piperidine rings is 1. The molecule has 32 heavy (non-hydrogen) atoms. The highest BCUT2D eigenvalue weighted by atomic mass is 79.9. The van der Waals surface area contributed by atoms with Crippen LogP contribution in [0.2, 0.25) is 0 Å². The van der Waals surface area contributed by atoms with E-state index in [4.69, 9.17) is 0 Å². The van der Waals surface area contributed by atoms with Gasteiger partial charge in [0.25, 0.3) is 5.91 Å². The summed E-state index contributed by atoms with van der Waals surface area (Å²) in [5.74, 6) is -0.00412. The van der Waals surface area contributed by atoms with Crippen molar-refractivity contribution in [3.63, 3.8) is 0 Å². The molecular formula is C24H26BrN5O2. The van der Waals surface area contributed by atoms with Crippen molar-refractivity contribution >= 4 is 33.6 Å². The summed E-state index contributed by atoms with van der Waals surface area (Å²) in [5, 5.41) is 10.5. The zero-order chi connectivity index (χ0) is 22.7. The topological polar surface area (TPSA) is 79.3 Å². The molecule has 1 aliphatic heterocycles. The molecule has 3 aromatic rings. The van der Waals surface area contributed by atoms with Crippen LogP contribution in [0, 0.1) is 13.8 Å². The zero-order valence-electron chi connectivity index (χ0n) is 18.1. The van der Waals surface area contributed by atoms with Gasteiger partial charge in [-0.05, 0) is 63.1 Å². The Kier molecular flexibility index (Phi) is 6.60. The lowest BCUT2D eigenvalue weighted by Gasteiger charge is -2.32. The molecule has 1 aromatic heterocycles. The van der Waals surface area contributed by atoms with Gasteiger partial charge in [0.05, 0.1) is 22.6 Å². The van der Waals surface area contributed by atoms with Crippen molar-refractivity contribution in [2.75, 3.05) is 18.4 Å². The number of benzene rings is 2. The third kappa shape index (κ3) is 4.85. The predicted molar refractivity (Wildman–Crippen MR) is 128 cm³/mol. The van der Waals surface area contributed by atoms with E-state index in [1.807, 2.05) is 78.0 Å². The van der Waals surface area contributed by atoms with Crippen molar-refractivity contribution in [3.05, 3.63) is 76.0 Å². The summed E-state index contributed by atoms with van der Waals surface area (Å²) in [4.78, 5) is 27.4. The van der Waals surface area contributed by atoms with E-state index in [-0.39, 0.29) is 18.0 Å². The zero-order valence-corrected chi connectivity index (χ0v) is 19.7. The first-order valence-corrected chi connectivity index (χ1v) is 11.5. The molecule has 0 spiro atoms. The summed E-state index contributed by atoms with van der Waals surface area (Å²) in [5.41, 5.74) is 3.88. The first-order chi connectivity index (χ1) is 15.4. The number of hydrogen-bond donors (Lipinski definition) is 2. The predicted octanol–water partition coefficient (Wildman–Crippen LogP) is 4.68. The van der Waals surface area contributed by atoms with Crippen molar-refractivity contribution in [2.45, 2.75) is 32.7 Å². The van der Waals surface area contributed by atoms with Gasteiger partial charge in [0.1, 0.15) is 0 Å². The minimum Gasteiger partial charge on any atom is -0.338 e. The highest BCUT2D eigenvalue weighted by Gasteiger charge is 2.28. The molecule has 0 radical (unpaired) electrons. The Hall–Kier alpha value is -3.13. The number of hydrogen-bond acceptors (Lipinski definition) is 3. The molecule has 0 atom stereocenters. The highest BCUT2D eigenvalue weighted by Crippen LogP contribution is 2.23. The average molecular weight is 496 g/mol. The Morgan fingerprint density at radius 2 is 1.66 bits per heavy atom. The number of rotatable bonds is 4. The smallest absolute Gasteiger partial charge is 0.319 e. The standard InChI is InChI=1S/C24H26BrN5O2/c1-16-22(17(2)30(28-16)21-10-8-18(25)9-11-21)23(31)29-14-12-20(13-15-29)27-24(32)26-19-6-4-3-5-7-19/h3-11,20H,12-15H2,1-2H3,(H2,26,27,32). The van der Waals surface area contributed by atoms with Crippen LogP contribution in [-0.2, 0) is 0 Å². The molecule has 1 aliphatic rings. The minimum atomic E-state index is -0.219. The average Bonchev–Trinajstić information content (AvgIpc) is 3.09. The van der Waals surface area contributed by atoms with Crippen LogP contribution < -0.4 is 10.6 Å². The second kappa shape index (κ2) is 9.56. The Balaban J connectivity index is 1.37. The van der Waals surface area contributed by atoms with Crippen LogP contribution in [0.15, 0.2) is 59.1 Å². The number of likely N-dealkylation sites (tertiary alicyclic amines) is 1. The Morgan fingerprint density at radius 1 is 1.00 bits per heavy atom. The van der Waals surface area contributed by atoms with Crippen molar-refractivity contribution in [3.8, 4) is 5.69 Å². The molecule has 2 aromatic carbocycles. The number of halogens is 1. The van der Waals surface area contributed by atoms with Crippen LogP contribution in [0.5, 0.6) is 0 Å². The minimum absolute atomic E-state index is 0.00412. The molecular weight excluding hydrogens is 470 g/mol. The number of carbonyl (C=O) groups is 2. The van der Waals surface area contributed by atoms with Gasteiger partial charge >= 0.3 is 6.03 Å². The largest absolute Gasteiger partial charge is 0.338 e. The van der Waals surface area contributed by atoms with Gasteiger partial charge in [0.2, 0.25) is 0 Å². The first-order valence-electron chi connectivity index (χ1n) is 10.7. The summed E-state index contributed by atoms with van der Waals surface area (Å²) in [6.07, 6.45) is 1.43. The summed E-state index contributed by atoms with van der Waals surface area (Å²) in [6, 6.07) is 17.0. The van der Waals surface area contributed by atoms with Gasteiger partial charge in [-0.3, -0.25) is 4.79 Å². The number of para-hydroxylation sites is 1.